The topological polar surface area (TPSA) is 104 Å². The number of aromatic carboxylic acids is 1. The summed E-state index contributed by atoms with van der Waals surface area (Å²) in [5.74, 6) is -1.38. The number of carboxylic acid groups (broad SMARTS) is 1. The van der Waals surface area contributed by atoms with Crippen LogP contribution in [0.15, 0.2) is 52.3 Å². The molecule has 30 heavy (non-hydrogen) atoms. The summed E-state index contributed by atoms with van der Waals surface area (Å²) in [7, 11) is 0. The number of hydrogen-bond acceptors (Lipinski definition) is 6. The van der Waals surface area contributed by atoms with Crippen LogP contribution < -0.4 is 25.1 Å². The first-order valence-corrected chi connectivity index (χ1v) is 10.1. The highest BCUT2D eigenvalue weighted by atomic mass is 35.5. The van der Waals surface area contributed by atoms with Crippen LogP contribution in [0.4, 0.5) is 11.4 Å². The molecule has 3 heterocycles. The molecule has 5 rings (SSSR count). The maximum absolute atomic E-state index is 13.2. The highest BCUT2D eigenvalue weighted by molar-refractivity contribution is 7.07. The predicted molar refractivity (Wildman–Crippen MR) is 113 cm³/mol. The zero-order chi connectivity index (χ0) is 21.0. The van der Waals surface area contributed by atoms with E-state index in [0.29, 0.717) is 36.9 Å². The lowest BCUT2D eigenvalue weighted by atomic mass is 10.1. The molecule has 2 aliphatic rings. The Morgan fingerprint density at radius 3 is 2.83 bits per heavy atom. The van der Waals surface area contributed by atoms with E-state index in [0.717, 1.165) is 11.3 Å². The third kappa shape index (κ3) is 2.90. The number of carboxylic acids is 1. The molecule has 1 amide bonds. The van der Waals surface area contributed by atoms with Crippen LogP contribution in [0.2, 0.25) is 5.02 Å². The van der Waals surface area contributed by atoms with Gasteiger partial charge >= 0.3 is 5.97 Å². The molecule has 0 radical (unpaired) electrons. The molecule has 0 unspecified atom stereocenters. The molecule has 1 aromatic heterocycles. The van der Waals surface area contributed by atoms with Crippen LogP contribution in [-0.2, 0) is 11.5 Å². The van der Waals surface area contributed by atoms with Crippen molar-refractivity contribution in [2.75, 3.05) is 16.9 Å². The maximum atomic E-state index is 13.2. The highest BCUT2D eigenvalue weighted by Gasteiger charge is 2.28. The van der Waals surface area contributed by atoms with Gasteiger partial charge in [0.05, 0.1) is 11.1 Å². The van der Waals surface area contributed by atoms with E-state index in [1.54, 1.807) is 41.3 Å². The molecule has 0 aliphatic carbocycles. The van der Waals surface area contributed by atoms with Crippen molar-refractivity contribution in [2.24, 2.45) is 4.99 Å². The van der Waals surface area contributed by atoms with Gasteiger partial charge in [-0.25, -0.2) is 9.79 Å². The van der Waals surface area contributed by atoms with Crippen molar-refractivity contribution in [2.45, 2.75) is 6.67 Å². The van der Waals surface area contributed by atoms with Gasteiger partial charge < -0.3 is 15.3 Å². The number of thiazole rings is 1. The van der Waals surface area contributed by atoms with E-state index in [1.807, 2.05) is 0 Å². The number of aromatic nitrogens is 1. The van der Waals surface area contributed by atoms with Crippen LogP contribution in [0, 0.1) is 0 Å². The second kappa shape index (κ2) is 6.82. The first-order chi connectivity index (χ1) is 14.4. The fraction of sp³-hybridized carbons (Fsp3) is 0.100. The van der Waals surface area contributed by atoms with Gasteiger partial charge in [-0.1, -0.05) is 29.0 Å². The molecule has 0 saturated heterocycles. The van der Waals surface area contributed by atoms with Crippen molar-refractivity contribution in [1.29, 1.82) is 0 Å². The minimum atomic E-state index is -1.03. The SMILES string of the molecule is O=C1Nc2ccc(Cl)cc2/C1=c1/sc2n(c1=O)CN(c1cccc(C(=O)O)c1)CN=2. The maximum Gasteiger partial charge on any atom is 0.335 e. The molecule has 10 heteroatoms. The first-order valence-electron chi connectivity index (χ1n) is 8.90. The minimum absolute atomic E-state index is 0.156. The molecular weight excluding hydrogens is 428 g/mol. The number of carbonyl (C=O) groups excluding carboxylic acids is 1. The van der Waals surface area contributed by atoms with Crippen LogP contribution in [0.3, 0.4) is 0 Å². The Kier molecular flexibility index (Phi) is 4.23. The molecule has 3 aromatic rings. The van der Waals surface area contributed by atoms with E-state index >= 15 is 0 Å². The van der Waals surface area contributed by atoms with Gasteiger partial charge in [-0.3, -0.25) is 14.2 Å². The van der Waals surface area contributed by atoms with E-state index in [2.05, 4.69) is 10.3 Å². The first kappa shape index (κ1) is 18.6. The van der Waals surface area contributed by atoms with Gasteiger partial charge in [0.2, 0.25) is 0 Å². The lowest BCUT2D eigenvalue weighted by molar-refractivity contribution is -0.110. The number of nitrogens with zero attached hydrogens (tertiary/aromatic N) is 3. The Balaban J connectivity index is 1.62. The van der Waals surface area contributed by atoms with Gasteiger partial charge in [-0.2, -0.15) is 0 Å². The van der Waals surface area contributed by atoms with Gasteiger partial charge in [0.1, 0.15) is 17.9 Å². The second-order valence-corrected chi connectivity index (χ2v) is 8.22. The number of anilines is 2. The molecule has 0 atom stereocenters. The summed E-state index contributed by atoms with van der Waals surface area (Å²) in [6, 6.07) is 11.5. The number of nitrogens with one attached hydrogen (secondary N) is 1. The molecule has 2 aliphatic heterocycles. The predicted octanol–water partition coefficient (Wildman–Crippen LogP) is 1.47. The van der Waals surface area contributed by atoms with Crippen molar-refractivity contribution in [1.82, 2.24) is 4.57 Å². The number of halogens is 1. The van der Waals surface area contributed by atoms with E-state index in [-0.39, 0.29) is 30.4 Å². The number of amides is 1. The van der Waals surface area contributed by atoms with Crippen LogP contribution in [0.5, 0.6) is 0 Å². The smallest absolute Gasteiger partial charge is 0.335 e. The summed E-state index contributed by atoms with van der Waals surface area (Å²) in [6.07, 6.45) is 0. The molecule has 2 N–H and O–H groups in total. The number of carbonyl (C=O) groups is 2. The Bertz CT molecular complexity index is 1430. The minimum Gasteiger partial charge on any atom is -0.478 e. The van der Waals surface area contributed by atoms with Gasteiger partial charge in [0.15, 0.2) is 4.80 Å². The van der Waals surface area contributed by atoms with Gasteiger partial charge in [-0.05, 0) is 36.4 Å². The van der Waals surface area contributed by atoms with Crippen LogP contribution >= 0.6 is 22.9 Å². The standard InChI is InChI=1S/C20H13ClN4O4S/c21-11-4-5-14-13(7-11)15(17(26)23-14)16-18(27)25-9-24(8-22-20(25)30-16)12-3-1-2-10(6-12)19(28)29/h1-7H,8-9H2,(H,23,26)(H,28,29)/b16-15-. The monoisotopic (exact) mass is 440 g/mol. The molecule has 150 valence electrons. The molecule has 2 aromatic carbocycles. The molecule has 8 nitrogen and oxygen atoms in total. The van der Waals surface area contributed by atoms with Crippen molar-refractivity contribution >= 4 is 51.8 Å². The number of benzene rings is 2. The largest absolute Gasteiger partial charge is 0.478 e. The van der Waals surface area contributed by atoms with Crippen molar-refractivity contribution < 1.29 is 14.7 Å². The molecule has 0 bridgehead atoms. The van der Waals surface area contributed by atoms with Crippen molar-refractivity contribution in [3.63, 3.8) is 0 Å². The normalized spacial score (nSPS) is 16.6. The number of hydrogen-bond donors (Lipinski definition) is 2. The summed E-state index contributed by atoms with van der Waals surface area (Å²) in [4.78, 5) is 43.7. The van der Waals surface area contributed by atoms with Gasteiger partial charge in [0.25, 0.3) is 11.5 Å². The Labute approximate surface area is 178 Å². The summed E-state index contributed by atoms with van der Waals surface area (Å²) in [6.45, 7) is 0.473. The van der Waals surface area contributed by atoms with E-state index in [4.69, 9.17) is 11.6 Å². The third-order valence-electron chi connectivity index (χ3n) is 4.96. The third-order valence-corrected chi connectivity index (χ3v) is 6.31. The Morgan fingerprint density at radius 1 is 1.20 bits per heavy atom. The summed E-state index contributed by atoms with van der Waals surface area (Å²) in [5, 5.41) is 12.4. The Hall–Kier alpha value is -3.43. The van der Waals surface area contributed by atoms with Crippen molar-refractivity contribution in [3.05, 3.63) is 78.3 Å². The Morgan fingerprint density at radius 2 is 2.03 bits per heavy atom. The molecular formula is C20H13ClN4O4S. The molecule has 0 saturated carbocycles. The van der Waals surface area contributed by atoms with Gasteiger partial charge in [0, 0.05) is 22.0 Å². The zero-order valence-electron chi connectivity index (χ0n) is 15.3. The van der Waals surface area contributed by atoms with Crippen LogP contribution in [-0.4, -0.2) is 28.2 Å². The van der Waals surface area contributed by atoms with Crippen LogP contribution in [0.1, 0.15) is 15.9 Å². The quantitative estimate of drug-likeness (QED) is 0.628. The van der Waals surface area contributed by atoms with Crippen molar-refractivity contribution in [3.8, 4) is 0 Å². The lowest BCUT2D eigenvalue weighted by Crippen LogP contribution is -2.43. The number of rotatable bonds is 2. The zero-order valence-corrected chi connectivity index (χ0v) is 16.8. The van der Waals surface area contributed by atoms with Gasteiger partial charge in [-0.15, -0.1) is 0 Å². The summed E-state index contributed by atoms with van der Waals surface area (Å²) < 4.78 is 1.79. The average Bonchev–Trinajstić information content (AvgIpc) is 3.23. The second-order valence-electron chi connectivity index (χ2n) is 6.80. The van der Waals surface area contributed by atoms with Crippen LogP contribution in [0.25, 0.3) is 5.57 Å². The fourth-order valence-electron chi connectivity index (χ4n) is 3.52. The summed E-state index contributed by atoms with van der Waals surface area (Å²) >= 11 is 7.25. The molecule has 0 spiro atoms. The molecule has 0 fully saturated rings. The van der Waals surface area contributed by atoms with E-state index in [1.165, 1.54) is 10.6 Å². The average molecular weight is 441 g/mol. The fourth-order valence-corrected chi connectivity index (χ4v) is 4.75. The lowest BCUT2D eigenvalue weighted by Gasteiger charge is -2.25. The highest BCUT2D eigenvalue weighted by Crippen LogP contribution is 2.32. The van der Waals surface area contributed by atoms with E-state index in [9.17, 15) is 19.5 Å². The summed E-state index contributed by atoms with van der Waals surface area (Å²) in [5.41, 5.74) is 1.97. The number of fused-ring (bicyclic) bond motifs is 2. The van der Waals surface area contributed by atoms with E-state index < -0.39 is 5.97 Å².